The molecule has 2 aliphatic rings. The molecule has 80 valence electrons. The first kappa shape index (κ1) is 10.2. The zero-order valence-corrected chi connectivity index (χ0v) is 11.0. The molecule has 0 amide bonds. The Labute approximate surface area is 94.5 Å². The van der Waals surface area contributed by atoms with Gasteiger partial charge in [-0.3, -0.25) is 0 Å². The lowest BCUT2D eigenvalue weighted by Crippen LogP contribution is -1.95. The van der Waals surface area contributed by atoms with Gasteiger partial charge in [-0.2, -0.15) is 0 Å². The maximum atomic E-state index is 2.35. The fraction of sp³-hybridized carbons (Fsp3) is 0.538. The quantitative estimate of drug-likeness (QED) is 0.668. The van der Waals surface area contributed by atoms with Gasteiger partial charge in [0.15, 0.2) is 0 Å². The Hall–Kier alpha value is 0.0800. The molecule has 3 rings (SSSR count). The largest absolute Gasteiger partial charge is 0.0864 e. The van der Waals surface area contributed by atoms with Crippen LogP contribution in [0.2, 0.25) is 0 Å². The van der Waals surface area contributed by atoms with Crippen LogP contribution >= 0.6 is 14.6 Å². The molecular formula is C13H19P2+. The Balaban J connectivity index is 1.82. The molecule has 0 saturated carbocycles. The second-order valence-electron chi connectivity index (χ2n) is 4.85. The molecule has 1 aromatic carbocycles. The highest BCUT2D eigenvalue weighted by Crippen LogP contribution is 2.92. The van der Waals surface area contributed by atoms with E-state index in [4.69, 9.17) is 0 Å². The lowest BCUT2D eigenvalue weighted by molar-refractivity contribution is 1.05. The van der Waals surface area contributed by atoms with Crippen LogP contribution in [0.4, 0.5) is 0 Å². The summed E-state index contributed by atoms with van der Waals surface area (Å²) < 4.78 is 0. The van der Waals surface area contributed by atoms with Gasteiger partial charge in [-0.15, -0.1) is 0 Å². The van der Waals surface area contributed by atoms with Gasteiger partial charge in [-0.25, -0.2) is 0 Å². The summed E-state index contributed by atoms with van der Waals surface area (Å²) >= 11 is 0. The number of rotatable bonds is 2. The van der Waals surface area contributed by atoms with E-state index in [0.29, 0.717) is 7.61 Å². The monoisotopic (exact) mass is 237 g/mol. The van der Waals surface area contributed by atoms with Crippen molar-refractivity contribution in [3.05, 3.63) is 35.9 Å². The van der Waals surface area contributed by atoms with Crippen molar-refractivity contribution in [1.82, 2.24) is 0 Å². The van der Waals surface area contributed by atoms with E-state index >= 15 is 0 Å². The lowest BCUT2D eigenvalue weighted by atomic mass is 10.2. The second-order valence-corrected chi connectivity index (χ2v) is 14.4. The fourth-order valence-electron chi connectivity index (χ4n) is 3.21. The van der Waals surface area contributed by atoms with E-state index in [1.165, 1.54) is 6.16 Å². The van der Waals surface area contributed by atoms with Gasteiger partial charge in [-0.1, -0.05) is 30.3 Å². The van der Waals surface area contributed by atoms with Crippen molar-refractivity contribution in [2.45, 2.75) is 19.0 Å². The van der Waals surface area contributed by atoms with E-state index in [1.807, 2.05) is 0 Å². The SMILES string of the molecule is c1ccc(C[P+]23CCCP2CCC3)cc1. The highest BCUT2D eigenvalue weighted by atomic mass is 32.1. The van der Waals surface area contributed by atoms with Crippen LogP contribution in [0.5, 0.6) is 0 Å². The summed E-state index contributed by atoms with van der Waals surface area (Å²) in [6.45, 7) is -0.465. The van der Waals surface area contributed by atoms with E-state index in [-0.39, 0.29) is 0 Å². The van der Waals surface area contributed by atoms with Crippen molar-refractivity contribution in [2.24, 2.45) is 0 Å². The molecule has 0 bridgehead atoms. The molecular weight excluding hydrogens is 218 g/mol. The van der Waals surface area contributed by atoms with Gasteiger partial charge in [0.2, 0.25) is 0 Å². The highest BCUT2D eigenvalue weighted by Gasteiger charge is 2.52. The predicted octanol–water partition coefficient (Wildman–Crippen LogP) is 4.41. The molecule has 2 heterocycles. The molecule has 0 atom stereocenters. The molecule has 0 nitrogen and oxygen atoms in total. The molecule has 0 spiro atoms. The average molecular weight is 237 g/mol. The summed E-state index contributed by atoms with van der Waals surface area (Å²) in [6, 6.07) is 11.3. The van der Waals surface area contributed by atoms with E-state index in [9.17, 15) is 0 Å². The lowest BCUT2D eigenvalue weighted by Gasteiger charge is -2.21. The van der Waals surface area contributed by atoms with Gasteiger partial charge in [0.25, 0.3) is 0 Å². The van der Waals surface area contributed by atoms with Crippen molar-refractivity contribution < 1.29 is 0 Å². The predicted molar refractivity (Wildman–Crippen MR) is 72.7 cm³/mol. The first-order chi connectivity index (χ1) is 7.39. The van der Waals surface area contributed by atoms with Gasteiger partial charge in [0.1, 0.15) is 0 Å². The van der Waals surface area contributed by atoms with E-state index in [2.05, 4.69) is 30.3 Å². The third-order valence-corrected chi connectivity index (χ3v) is 16.4. The number of hydrogen-bond acceptors (Lipinski definition) is 0. The molecule has 2 heteroatoms. The highest BCUT2D eigenvalue weighted by molar-refractivity contribution is 8.39. The third-order valence-electron chi connectivity index (χ3n) is 3.90. The summed E-state index contributed by atoms with van der Waals surface area (Å²) in [5, 5.41) is 0. The fourth-order valence-corrected chi connectivity index (χ4v) is 16.5. The maximum absolute atomic E-state index is 2.35. The minimum atomic E-state index is -0.465. The normalized spacial score (nSPS) is 34.3. The summed E-state index contributed by atoms with van der Waals surface area (Å²) in [5.41, 5.74) is 1.63. The van der Waals surface area contributed by atoms with Gasteiger partial charge < -0.3 is 0 Å². The van der Waals surface area contributed by atoms with Crippen LogP contribution in [0.3, 0.4) is 0 Å². The summed E-state index contributed by atoms with van der Waals surface area (Å²) in [4.78, 5) is 0. The Kier molecular flexibility index (Phi) is 2.84. The van der Waals surface area contributed by atoms with Crippen LogP contribution in [-0.4, -0.2) is 24.6 Å². The van der Waals surface area contributed by atoms with Crippen LogP contribution in [0, 0.1) is 0 Å². The zero-order valence-electron chi connectivity index (χ0n) is 9.23. The van der Waals surface area contributed by atoms with E-state index in [0.717, 1.165) is 0 Å². The van der Waals surface area contributed by atoms with Gasteiger partial charge in [0, 0.05) is 19.3 Å². The van der Waals surface area contributed by atoms with Crippen LogP contribution < -0.4 is 0 Å². The third kappa shape index (κ3) is 1.88. The molecule has 0 aliphatic carbocycles. The number of hydrogen-bond donors (Lipinski definition) is 0. The molecule has 0 aromatic heterocycles. The van der Waals surface area contributed by atoms with E-state index < -0.39 is 6.95 Å². The minimum absolute atomic E-state index is 0.465. The van der Waals surface area contributed by atoms with Gasteiger partial charge >= 0.3 is 0 Å². The Morgan fingerprint density at radius 3 is 2.33 bits per heavy atom. The molecule has 0 N–H and O–H groups in total. The van der Waals surface area contributed by atoms with Crippen molar-refractivity contribution >= 4 is 14.6 Å². The summed E-state index contributed by atoms with van der Waals surface area (Å²) in [6.07, 6.45) is 11.1. The molecule has 2 fully saturated rings. The van der Waals surface area contributed by atoms with Crippen LogP contribution in [0.25, 0.3) is 0 Å². The summed E-state index contributed by atoms with van der Waals surface area (Å²) in [7, 11) is 0.510. The summed E-state index contributed by atoms with van der Waals surface area (Å²) in [5.74, 6) is 0. The Bertz CT molecular complexity index is 324. The van der Waals surface area contributed by atoms with Crippen molar-refractivity contribution in [3.8, 4) is 0 Å². The van der Waals surface area contributed by atoms with Crippen molar-refractivity contribution in [2.75, 3.05) is 24.6 Å². The van der Waals surface area contributed by atoms with Crippen LogP contribution in [0.1, 0.15) is 18.4 Å². The Morgan fingerprint density at radius 2 is 1.67 bits per heavy atom. The molecule has 2 aliphatic heterocycles. The number of fused-ring (bicyclic) bond motifs is 1. The average Bonchev–Trinajstić information content (AvgIpc) is 2.78. The van der Waals surface area contributed by atoms with Gasteiger partial charge in [0.05, 0.1) is 26.1 Å². The van der Waals surface area contributed by atoms with E-state index in [1.54, 1.807) is 43.1 Å². The van der Waals surface area contributed by atoms with Crippen molar-refractivity contribution in [1.29, 1.82) is 0 Å². The first-order valence-corrected chi connectivity index (χ1v) is 10.8. The molecule has 0 unspecified atom stereocenters. The zero-order chi connectivity index (χ0) is 10.1. The topological polar surface area (TPSA) is 0 Å². The smallest absolute Gasteiger partial charge is 0.0622 e. The minimum Gasteiger partial charge on any atom is -0.0622 e. The standard InChI is InChI=1S/C13H19P2/c1-2-6-13(7-3-1)12-15-10-4-8-14(15)9-5-11-15/h1-3,6-7H,4-5,8-12H2/q+1. The molecule has 2 saturated heterocycles. The number of benzene rings is 1. The Morgan fingerprint density at radius 1 is 1.00 bits per heavy atom. The second kappa shape index (κ2) is 4.15. The molecule has 0 radical (unpaired) electrons. The van der Waals surface area contributed by atoms with Crippen molar-refractivity contribution in [3.63, 3.8) is 0 Å². The van der Waals surface area contributed by atoms with Gasteiger partial charge in [-0.05, 0) is 18.4 Å². The maximum Gasteiger partial charge on any atom is 0.0864 e. The van der Waals surface area contributed by atoms with Crippen LogP contribution in [0.15, 0.2) is 30.3 Å². The first-order valence-electron chi connectivity index (χ1n) is 6.05. The molecule has 1 aromatic rings. The van der Waals surface area contributed by atoms with Crippen LogP contribution in [-0.2, 0) is 6.16 Å². The molecule has 15 heavy (non-hydrogen) atoms.